The number of hydrogen-bond acceptors (Lipinski definition) is 4. The molecule has 2 saturated heterocycles. The zero-order chi connectivity index (χ0) is 16.4. The summed E-state index contributed by atoms with van der Waals surface area (Å²) in [4.78, 5) is 14.4. The molecule has 2 aliphatic heterocycles. The molecule has 0 radical (unpaired) electrons. The highest BCUT2D eigenvalue weighted by atomic mass is 32.2. The van der Waals surface area contributed by atoms with E-state index in [0.717, 1.165) is 38.6 Å². The van der Waals surface area contributed by atoms with Gasteiger partial charge in [0.25, 0.3) is 0 Å². The minimum Gasteiger partial charge on any atom is -0.341 e. The summed E-state index contributed by atoms with van der Waals surface area (Å²) >= 11 is 0. The average Bonchev–Trinajstić information content (AvgIpc) is 3.09. The molecule has 0 aromatic rings. The van der Waals surface area contributed by atoms with Gasteiger partial charge in [0.15, 0.2) is 0 Å². The van der Waals surface area contributed by atoms with Crippen molar-refractivity contribution in [3.05, 3.63) is 0 Å². The average molecular weight is 343 g/mol. The molecule has 3 fully saturated rings. The van der Waals surface area contributed by atoms with Crippen molar-refractivity contribution in [1.82, 2.24) is 14.5 Å². The Morgan fingerprint density at radius 2 is 1.78 bits per heavy atom. The summed E-state index contributed by atoms with van der Waals surface area (Å²) in [6.45, 7) is 4.90. The molecule has 132 valence electrons. The molecular formula is C16H29N3O3S. The van der Waals surface area contributed by atoms with Crippen molar-refractivity contribution in [2.75, 3.05) is 32.7 Å². The van der Waals surface area contributed by atoms with E-state index in [-0.39, 0.29) is 17.9 Å². The van der Waals surface area contributed by atoms with E-state index in [9.17, 15) is 13.2 Å². The maximum absolute atomic E-state index is 12.9. The molecule has 2 atom stereocenters. The SMILES string of the molecule is CC1CN(S(=O)(=O)C2CCCN(C(=O)C3CCCC3)C2)CCN1. The minimum atomic E-state index is -3.31. The molecule has 0 spiro atoms. The minimum absolute atomic E-state index is 0.135. The van der Waals surface area contributed by atoms with Gasteiger partial charge in [0.2, 0.25) is 15.9 Å². The van der Waals surface area contributed by atoms with Crippen LogP contribution in [0.5, 0.6) is 0 Å². The number of likely N-dealkylation sites (tertiary alicyclic amines) is 1. The van der Waals surface area contributed by atoms with Crippen molar-refractivity contribution in [1.29, 1.82) is 0 Å². The molecule has 1 aliphatic carbocycles. The Bertz CT molecular complexity index is 531. The van der Waals surface area contributed by atoms with Crippen molar-refractivity contribution in [2.24, 2.45) is 5.92 Å². The summed E-state index contributed by atoms with van der Waals surface area (Å²) in [7, 11) is -3.31. The van der Waals surface area contributed by atoms with E-state index < -0.39 is 15.3 Å². The van der Waals surface area contributed by atoms with Gasteiger partial charge in [-0.05, 0) is 32.6 Å². The lowest BCUT2D eigenvalue weighted by atomic mass is 10.0. The van der Waals surface area contributed by atoms with Gasteiger partial charge in [-0.3, -0.25) is 4.79 Å². The van der Waals surface area contributed by atoms with Crippen molar-refractivity contribution in [3.8, 4) is 0 Å². The van der Waals surface area contributed by atoms with Crippen molar-refractivity contribution in [2.45, 2.75) is 56.7 Å². The Balaban J connectivity index is 1.66. The molecule has 0 bridgehead atoms. The van der Waals surface area contributed by atoms with E-state index in [1.165, 1.54) is 0 Å². The van der Waals surface area contributed by atoms with Crippen LogP contribution in [-0.4, -0.2) is 67.5 Å². The number of sulfonamides is 1. The van der Waals surface area contributed by atoms with Gasteiger partial charge in [0.05, 0.1) is 5.25 Å². The van der Waals surface area contributed by atoms with Crippen molar-refractivity contribution in [3.63, 3.8) is 0 Å². The number of rotatable bonds is 3. The first-order valence-corrected chi connectivity index (χ1v) is 10.5. The first-order valence-electron chi connectivity index (χ1n) is 8.99. The molecule has 0 aromatic heterocycles. The Kier molecular flexibility index (Phi) is 5.28. The Labute approximate surface area is 139 Å². The third kappa shape index (κ3) is 3.72. The van der Waals surface area contributed by atoms with Crippen LogP contribution in [0, 0.1) is 5.92 Å². The maximum Gasteiger partial charge on any atom is 0.225 e. The number of piperazine rings is 1. The van der Waals surface area contributed by atoms with Crippen LogP contribution in [0.2, 0.25) is 0 Å². The standard InChI is InChI=1S/C16H29N3O3S/c1-13-11-19(10-8-17-13)23(21,22)15-7-4-9-18(12-15)16(20)14-5-2-3-6-14/h13-15,17H,2-12H2,1H3. The monoisotopic (exact) mass is 343 g/mol. The van der Waals surface area contributed by atoms with Gasteiger partial charge in [-0.15, -0.1) is 0 Å². The van der Waals surface area contributed by atoms with Crippen LogP contribution >= 0.6 is 0 Å². The molecule has 7 heteroatoms. The fourth-order valence-electron chi connectivity index (χ4n) is 4.15. The van der Waals surface area contributed by atoms with Crippen molar-refractivity contribution < 1.29 is 13.2 Å². The largest absolute Gasteiger partial charge is 0.341 e. The second-order valence-corrected chi connectivity index (χ2v) is 9.50. The van der Waals surface area contributed by atoms with Gasteiger partial charge in [-0.1, -0.05) is 12.8 Å². The van der Waals surface area contributed by atoms with E-state index >= 15 is 0 Å². The lowest BCUT2D eigenvalue weighted by Gasteiger charge is -2.38. The Morgan fingerprint density at radius 1 is 1.04 bits per heavy atom. The molecule has 3 aliphatic rings. The van der Waals surface area contributed by atoms with Crippen LogP contribution in [0.3, 0.4) is 0 Å². The maximum atomic E-state index is 12.9. The Morgan fingerprint density at radius 3 is 2.48 bits per heavy atom. The summed E-state index contributed by atoms with van der Waals surface area (Å²) in [5.74, 6) is 0.326. The van der Waals surface area contributed by atoms with Gasteiger partial charge in [0, 0.05) is 44.7 Å². The zero-order valence-electron chi connectivity index (χ0n) is 14.0. The molecule has 23 heavy (non-hydrogen) atoms. The lowest BCUT2D eigenvalue weighted by Crippen LogP contribution is -2.56. The van der Waals surface area contributed by atoms with Crippen LogP contribution in [0.25, 0.3) is 0 Å². The normalized spacial score (nSPS) is 31.4. The van der Waals surface area contributed by atoms with E-state index in [1.54, 1.807) is 4.31 Å². The number of piperidine rings is 1. The summed E-state index contributed by atoms with van der Waals surface area (Å²) in [6, 6.07) is 0.193. The van der Waals surface area contributed by atoms with E-state index in [4.69, 9.17) is 0 Å². The first-order chi connectivity index (χ1) is 11.0. The zero-order valence-corrected chi connectivity index (χ0v) is 14.9. The topological polar surface area (TPSA) is 69.7 Å². The predicted molar refractivity (Wildman–Crippen MR) is 89.5 cm³/mol. The number of carbonyl (C=O) groups excluding carboxylic acids is 1. The number of nitrogens with zero attached hydrogens (tertiary/aromatic N) is 2. The highest BCUT2D eigenvalue weighted by Gasteiger charge is 2.39. The highest BCUT2D eigenvalue weighted by Crippen LogP contribution is 2.29. The summed E-state index contributed by atoms with van der Waals surface area (Å²) < 4.78 is 27.5. The van der Waals surface area contributed by atoms with Gasteiger partial charge >= 0.3 is 0 Å². The molecule has 6 nitrogen and oxygen atoms in total. The van der Waals surface area contributed by atoms with Gasteiger partial charge in [-0.25, -0.2) is 8.42 Å². The molecule has 1 amide bonds. The molecule has 1 N–H and O–H groups in total. The number of amides is 1. The van der Waals surface area contributed by atoms with Crippen LogP contribution < -0.4 is 5.32 Å². The summed E-state index contributed by atoms with van der Waals surface area (Å²) in [5, 5.41) is 2.86. The predicted octanol–water partition coefficient (Wildman–Crippen LogP) is 0.791. The number of nitrogens with one attached hydrogen (secondary N) is 1. The molecule has 1 saturated carbocycles. The summed E-state index contributed by atoms with van der Waals surface area (Å²) in [5.41, 5.74) is 0. The van der Waals surface area contributed by atoms with Crippen LogP contribution in [-0.2, 0) is 14.8 Å². The van der Waals surface area contributed by atoms with Crippen LogP contribution in [0.1, 0.15) is 45.4 Å². The van der Waals surface area contributed by atoms with Gasteiger partial charge < -0.3 is 10.2 Å². The lowest BCUT2D eigenvalue weighted by molar-refractivity contribution is -0.136. The second kappa shape index (κ2) is 7.07. The third-order valence-electron chi connectivity index (χ3n) is 5.51. The fraction of sp³-hybridized carbons (Fsp3) is 0.938. The van der Waals surface area contributed by atoms with Gasteiger partial charge in [-0.2, -0.15) is 4.31 Å². The highest BCUT2D eigenvalue weighted by molar-refractivity contribution is 7.89. The third-order valence-corrected chi connectivity index (χ3v) is 7.79. The summed E-state index contributed by atoms with van der Waals surface area (Å²) in [6.07, 6.45) is 5.68. The first kappa shape index (κ1) is 17.2. The van der Waals surface area contributed by atoms with Gasteiger partial charge in [0.1, 0.15) is 0 Å². The molecule has 2 heterocycles. The molecule has 2 unspecified atom stereocenters. The van der Waals surface area contributed by atoms with Crippen LogP contribution in [0.4, 0.5) is 0 Å². The van der Waals surface area contributed by atoms with Crippen molar-refractivity contribution >= 4 is 15.9 Å². The second-order valence-electron chi connectivity index (χ2n) is 7.29. The smallest absolute Gasteiger partial charge is 0.225 e. The Hall–Kier alpha value is -0.660. The van der Waals surface area contributed by atoms with E-state index in [0.29, 0.717) is 32.6 Å². The fourth-order valence-corrected chi connectivity index (χ4v) is 6.18. The van der Waals surface area contributed by atoms with E-state index in [2.05, 4.69) is 5.32 Å². The number of hydrogen-bond donors (Lipinski definition) is 1. The molecule has 0 aromatic carbocycles. The van der Waals surface area contributed by atoms with E-state index in [1.807, 2.05) is 11.8 Å². The quantitative estimate of drug-likeness (QED) is 0.823. The molecule has 3 rings (SSSR count). The van der Waals surface area contributed by atoms with Crippen LogP contribution in [0.15, 0.2) is 0 Å². The number of carbonyl (C=O) groups is 1. The molecular weight excluding hydrogens is 314 g/mol.